The number of aromatic nitrogens is 6. The van der Waals surface area contributed by atoms with Gasteiger partial charge in [-0.2, -0.15) is 9.97 Å². The first-order valence-electron chi connectivity index (χ1n) is 30.2. The number of fused-ring (bicyclic) bond motifs is 12. The monoisotopic (exact) mass is 1120 g/mol. The van der Waals surface area contributed by atoms with Crippen molar-refractivity contribution in [2.45, 2.75) is 12.0 Å². The van der Waals surface area contributed by atoms with Crippen LogP contribution in [0.3, 0.4) is 0 Å². The zero-order valence-electron chi connectivity index (χ0n) is 47.7. The second kappa shape index (κ2) is 20.0. The summed E-state index contributed by atoms with van der Waals surface area (Å²) in [4.78, 5) is 18.3. The van der Waals surface area contributed by atoms with Crippen molar-refractivity contribution in [3.63, 3.8) is 0 Å². The molecule has 12 aromatic carbocycles. The fourth-order valence-corrected chi connectivity index (χ4v) is 14.2. The van der Waals surface area contributed by atoms with Crippen LogP contribution in [-0.4, -0.2) is 34.7 Å². The van der Waals surface area contributed by atoms with Crippen LogP contribution in [0.5, 0.6) is 0 Å². The largest absolute Gasteiger partial charge is 0.310 e. The molecule has 0 N–H and O–H groups in total. The molecule has 0 saturated carbocycles. The topological polar surface area (TPSA) is 56.7 Å². The van der Waals surface area contributed by atoms with Crippen LogP contribution in [0, 0.1) is 0 Å². The third-order valence-electron chi connectivity index (χ3n) is 18.2. The van der Waals surface area contributed by atoms with Crippen LogP contribution in [0.4, 0.5) is 11.6 Å². The van der Waals surface area contributed by atoms with Crippen molar-refractivity contribution in [2.75, 3.05) is 4.90 Å². The van der Waals surface area contributed by atoms with Crippen molar-refractivity contribution in [2.24, 2.45) is 0 Å². The average Bonchev–Trinajstić information content (AvgIpc) is 1.77. The predicted octanol–water partition coefficient (Wildman–Crippen LogP) is 20.2. The van der Waals surface area contributed by atoms with Crippen LogP contribution in [0.25, 0.3) is 139 Å². The quantitative estimate of drug-likeness (QED) is 0.145. The molecule has 0 amide bonds. The molecule has 0 spiro atoms. The predicted molar refractivity (Wildman–Crippen MR) is 364 cm³/mol. The second-order valence-electron chi connectivity index (χ2n) is 23.1. The minimum Gasteiger partial charge on any atom is -0.310 e. The molecule has 0 bridgehead atoms. The maximum atomic E-state index is 5.40. The lowest BCUT2D eigenvalue weighted by atomic mass is 9.87. The Morgan fingerprint density at radius 1 is 0.284 bits per heavy atom. The van der Waals surface area contributed by atoms with E-state index in [1.807, 2.05) is 36.4 Å². The van der Waals surface area contributed by atoms with Gasteiger partial charge in [0.15, 0.2) is 11.6 Å². The minimum atomic E-state index is -0.170. The molecule has 4 aromatic heterocycles. The Kier molecular flexibility index (Phi) is 11.3. The molecule has 7 heteroatoms. The molecule has 412 valence electrons. The molecule has 2 atom stereocenters. The summed E-state index contributed by atoms with van der Waals surface area (Å²) in [5.74, 6) is 1.73. The van der Waals surface area contributed by atoms with E-state index < -0.39 is 0 Å². The van der Waals surface area contributed by atoms with Gasteiger partial charge in [-0.15, -0.1) is 0 Å². The van der Waals surface area contributed by atoms with Gasteiger partial charge < -0.3 is 18.6 Å². The number of benzene rings is 12. The van der Waals surface area contributed by atoms with Gasteiger partial charge in [0.1, 0.15) is 0 Å². The minimum absolute atomic E-state index is 0.112. The third kappa shape index (κ3) is 7.94. The van der Waals surface area contributed by atoms with Gasteiger partial charge in [-0.25, -0.2) is 4.98 Å². The Labute approximate surface area is 508 Å². The summed E-state index contributed by atoms with van der Waals surface area (Å²) >= 11 is 0. The molecular formula is C81H53N7. The highest BCUT2D eigenvalue weighted by molar-refractivity contribution is 6.15. The normalized spacial score (nSPS) is 14.6. The first-order valence-corrected chi connectivity index (χ1v) is 30.2. The lowest BCUT2D eigenvalue weighted by molar-refractivity contribution is 0.727. The molecule has 7 nitrogen and oxygen atoms in total. The molecule has 1 aliphatic heterocycles. The molecular weight excluding hydrogens is 1070 g/mol. The number of para-hydroxylation sites is 4. The first kappa shape index (κ1) is 49.7. The third-order valence-corrected chi connectivity index (χ3v) is 18.2. The highest BCUT2D eigenvalue weighted by Gasteiger charge is 2.41. The van der Waals surface area contributed by atoms with E-state index >= 15 is 0 Å². The Morgan fingerprint density at radius 3 is 1.14 bits per heavy atom. The van der Waals surface area contributed by atoms with Crippen molar-refractivity contribution >= 4 is 82.8 Å². The van der Waals surface area contributed by atoms with Gasteiger partial charge in [0.05, 0.1) is 39.1 Å². The Morgan fingerprint density at radius 2 is 0.682 bits per heavy atom. The van der Waals surface area contributed by atoms with E-state index in [2.05, 4.69) is 292 Å². The van der Waals surface area contributed by atoms with E-state index in [1.54, 1.807) is 0 Å². The number of nitrogens with zero attached hydrogens (tertiary/aromatic N) is 7. The number of hydrogen-bond donors (Lipinski definition) is 0. The number of rotatable bonds is 9. The molecule has 0 fully saturated rings. The maximum Gasteiger partial charge on any atom is 0.234 e. The molecule has 18 rings (SSSR count). The summed E-state index contributed by atoms with van der Waals surface area (Å²) < 4.78 is 7.36. The van der Waals surface area contributed by atoms with Gasteiger partial charge >= 0.3 is 0 Å². The van der Waals surface area contributed by atoms with E-state index in [-0.39, 0.29) is 12.0 Å². The standard InChI is InChI=1S/C81H53N7/c1-5-21-52(22-6-1)57-45-58(53-23-7-2-8-24-53)47-59(46-57)56-37-41-77-67(48-56)68-49-62(40-44-78(68)88(77)81-83-79(54-25-9-3-10-26-54)82-80(84-81)55-27-11-4-12-28-55)87-75-42-38-60(85-71-33-17-13-29-63(71)64-30-14-18-34-72(64)85)50-69(75)70-51-61(39-43-76(70)87)86-73-35-19-15-31-65(73)66-32-16-20-36-74(66)86/h1-51,68,78H. The SMILES string of the molecule is C1=CC2C(C=C1n1c3ccc(-n4c5ccccc5c5ccccc54)cc3c3cc(-n4c5ccccc5c5ccccc54)ccc31)c1cc(-c3cc(-c4ccccc4)cc(-c4ccccc4)c3)ccc1N2c1nc(-c2ccccc2)nc(-c2ccccc2)n1. The lowest BCUT2D eigenvalue weighted by Gasteiger charge is -2.28. The number of allylic oxidation sites excluding steroid dienone is 2. The summed E-state index contributed by atoms with van der Waals surface area (Å²) in [6.45, 7) is 0. The summed E-state index contributed by atoms with van der Waals surface area (Å²) in [7, 11) is 0. The smallest absolute Gasteiger partial charge is 0.234 e. The van der Waals surface area contributed by atoms with Crippen LogP contribution >= 0.6 is 0 Å². The van der Waals surface area contributed by atoms with E-state index in [1.165, 1.54) is 82.2 Å². The fraction of sp³-hybridized carbons (Fsp3) is 0.0247. The van der Waals surface area contributed by atoms with E-state index in [0.29, 0.717) is 17.6 Å². The fourth-order valence-electron chi connectivity index (χ4n) is 14.2. The number of anilines is 2. The highest BCUT2D eigenvalue weighted by atomic mass is 15.3. The van der Waals surface area contributed by atoms with E-state index in [4.69, 9.17) is 15.0 Å². The zero-order chi connectivity index (χ0) is 57.8. The summed E-state index contributed by atoms with van der Waals surface area (Å²) in [5, 5.41) is 7.29. The van der Waals surface area contributed by atoms with Gasteiger partial charge in [0.2, 0.25) is 5.95 Å². The highest BCUT2D eigenvalue weighted by Crippen LogP contribution is 2.51. The van der Waals surface area contributed by atoms with Gasteiger partial charge in [-0.05, 0) is 136 Å². The summed E-state index contributed by atoms with van der Waals surface area (Å²) in [6.07, 6.45) is 7.21. The van der Waals surface area contributed by atoms with Crippen LogP contribution in [0.1, 0.15) is 11.5 Å². The molecule has 16 aromatic rings. The molecule has 0 radical (unpaired) electrons. The van der Waals surface area contributed by atoms with Crippen molar-refractivity contribution in [3.8, 4) is 67.5 Å². The first-order chi connectivity index (χ1) is 43.6. The lowest BCUT2D eigenvalue weighted by Crippen LogP contribution is -2.31. The van der Waals surface area contributed by atoms with Crippen LogP contribution in [0.2, 0.25) is 0 Å². The molecule has 5 heterocycles. The van der Waals surface area contributed by atoms with E-state index in [9.17, 15) is 0 Å². The molecule has 1 aliphatic carbocycles. The van der Waals surface area contributed by atoms with Crippen molar-refractivity contribution < 1.29 is 0 Å². The van der Waals surface area contributed by atoms with Gasteiger partial charge in [-0.3, -0.25) is 0 Å². The number of hydrogen-bond acceptors (Lipinski definition) is 4. The molecule has 0 saturated heterocycles. The second-order valence-corrected chi connectivity index (χ2v) is 23.1. The molecule has 2 unspecified atom stereocenters. The maximum absolute atomic E-state index is 5.40. The van der Waals surface area contributed by atoms with E-state index in [0.717, 1.165) is 56.0 Å². The van der Waals surface area contributed by atoms with Gasteiger partial charge in [0, 0.05) is 72.1 Å². The van der Waals surface area contributed by atoms with Crippen molar-refractivity contribution in [3.05, 3.63) is 315 Å². The van der Waals surface area contributed by atoms with Gasteiger partial charge in [0.25, 0.3) is 0 Å². The van der Waals surface area contributed by atoms with Gasteiger partial charge in [-0.1, -0.05) is 212 Å². The van der Waals surface area contributed by atoms with Crippen LogP contribution < -0.4 is 4.90 Å². The van der Waals surface area contributed by atoms with Crippen LogP contribution in [0.15, 0.2) is 309 Å². The average molecular weight is 1120 g/mol. The van der Waals surface area contributed by atoms with Crippen molar-refractivity contribution in [1.29, 1.82) is 0 Å². The summed E-state index contributed by atoms with van der Waals surface area (Å²) in [6, 6.07) is 105. The Hall–Kier alpha value is -11.7. The van der Waals surface area contributed by atoms with Crippen LogP contribution in [-0.2, 0) is 0 Å². The Bertz CT molecular complexity index is 5130. The molecule has 88 heavy (non-hydrogen) atoms. The zero-order valence-corrected chi connectivity index (χ0v) is 47.7. The summed E-state index contributed by atoms with van der Waals surface area (Å²) in [5.41, 5.74) is 21.4. The Balaban J connectivity index is 0.860. The van der Waals surface area contributed by atoms with Crippen molar-refractivity contribution in [1.82, 2.24) is 28.7 Å². The molecule has 2 aliphatic rings.